The molecule has 5 nitrogen and oxygen atoms in total. The summed E-state index contributed by atoms with van der Waals surface area (Å²) >= 11 is 0. The Hall–Kier alpha value is -1.98. The summed E-state index contributed by atoms with van der Waals surface area (Å²) in [6, 6.07) is 8.08. The summed E-state index contributed by atoms with van der Waals surface area (Å²) in [6.45, 7) is 6.56. The van der Waals surface area contributed by atoms with Crippen LogP contribution in [0.2, 0.25) is 0 Å². The minimum absolute atomic E-state index is 0.119. The third-order valence-corrected chi connectivity index (χ3v) is 3.43. The van der Waals surface area contributed by atoms with Gasteiger partial charge in [-0.2, -0.15) is 0 Å². The van der Waals surface area contributed by atoms with E-state index in [1.807, 2.05) is 0 Å². The van der Waals surface area contributed by atoms with E-state index in [-0.39, 0.29) is 11.5 Å². The SMILES string of the molecule is COc1nccnc1C(NN)c1ccc(C(C)(C)C)cc1. The Balaban J connectivity index is 2.38. The van der Waals surface area contributed by atoms with Crippen molar-refractivity contribution in [3.63, 3.8) is 0 Å². The Labute approximate surface area is 125 Å². The summed E-state index contributed by atoms with van der Waals surface area (Å²) in [6.07, 6.45) is 3.23. The van der Waals surface area contributed by atoms with Gasteiger partial charge >= 0.3 is 0 Å². The number of ether oxygens (including phenoxy) is 1. The second kappa shape index (κ2) is 6.20. The molecule has 0 bridgehead atoms. The predicted molar refractivity (Wildman–Crippen MR) is 82.9 cm³/mol. The molecule has 1 aromatic carbocycles. The highest BCUT2D eigenvalue weighted by Gasteiger charge is 2.20. The van der Waals surface area contributed by atoms with Gasteiger partial charge in [-0.3, -0.25) is 10.8 Å². The van der Waals surface area contributed by atoms with Crippen molar-refractivity contribution in [2.24, 2.45) is 5.84 Å². The summed E-state index contributed by atoms with van der Waals surface area (Å²) in [4.78, 5) is 8.51. The lowest BCUT2D eigenvalue weighted by Crippen LogP contribution is -2.30. The molecular formula is C16H22N4O. The monoisotopic (exact) mass is 286 g/mol. The highest BCUT2D eigenvalue weighted by molar-refractivity contribution is 5.35. The fourth-order valence-electron chi connectivity index (χ4n) is 2.20. The van der Waals surface area contributed by atoms with E-state index in [0.717, 1.165) is 5.56 Å². The topological polar surface area (TPSA) is 73.1 Å². The van der Waals surface area contributed by atoms with Crippen LogP contribution in [0.5, 0.6) is 5.88 Å². The number of benzene rings is 1. The first kappa shape index (κ1) is 15.4. The average molecular weight is 286 g/mol. The molecule has 2 aromatic rings. The molecule has 1 unspecified atom stereocenters. The fraction of sp³-hybridized carbons (Fsp3) is 0.375. The first-order valence-corrected chi connectivity index (χ1v) is 6.89. The van der Waals surface area contributed by atoms with Crippen LogP contribution in [-0.4, -0.2) is 17.1 Å². The van der Waals surface area contributed by atoms with Crippen molar-refractivity contribution < 1.29 is 4.74 Å². The number of aromatic nitrogens is 2. The quantitative estimate of drug-likeness (QED) is 0.666. The highest BCUT2D eigenvalue weighted by atomic mass is 16.5. The minimum Gasteiger partial charge on any atom is -0.480 e. The Bertz CT molecular complexity index is 590. The number of methoxy groups -OCH3 is 1. The first-order valence-electron chi connectivity index (χ1n) is 6.89. The van der Waals surface area contributed by atoms with Crippen LogP contribution >= 0.6 is 0 Å². The lowest BCUT2D eigenvalue weighted by molar-refractivity contribution is 0.383. The molecular weight excluding hydrogens is 264 g/mol. The Kier molecular flexibility index (Phi) is 4.55. The normalized spacial score (nSPS) is 13.0. The van der Waals surface area contributed by atoms with Gasteiger partial charge in [0.1, 0.15) is 5.69 Å². The zero-order valence-corrected chi connectivity index (χ0v) is 12.9. The van der Waals surface area contributed by atoms with E-state index < -0.39 is 0 Å². The van der Waals surface area contributed by atoms with Gasteiger partial charge in [0.25, 0.3) is 0 Å². The molecule has 0 fully saturated rings. The molecule has 112 valence electrons. The molecule has 3 N–H and O–H groups in total. The van der Waals surface area contributed by atoms with Gasteiger partial charge in [-0.05, 0) is 16.5 Å². The standard InChI is InChI=1S/C16H22N4O/c1-16(2,3)12-7-5-11(6-8-12)13(20-17)14-15(21-4)19-10-9-18-14/h5-10,13,20H,17H2,1-4H3. The molecule has 1 atom stereocenters. The first-order chi connectivity index (χ1) is 9.97. The van der Waals surface area contributed by atoms with Crippen molar-refractivity contribution >= 4 is 0 Å². The molecule has 0 spiro atoms. The van der Waals surface area contributed by atoms with Crippen molar-refractivity contribution in [3.8, 4) is 5.88 Å². The third-order valence-electron chi connectivity index (χ3n) is 3.43. The van der Waals surface area contributed by atoms with Crippen molar-refractivity contribution in [1.82, 2.24) is 15.4 Å². The summed E-state index contributed by atoms with van der Waals surface area (Å²) in [5.41, 5.74) is 5.87. The molecule has 1 aromatic heterocycles. The molecule has 0 radical (unpaired) electrons. The van der Waals surface area contributed by atoms with Gasteiger partial charge in [-0.25, -0.2) is 10.4 Å². The number of hydrogen-bond donors (Lipinski definition) is 2. The van der Waals surface area contributed by atoms with Gasteiger partial charge in [-0.15, -0.1) is 0 Å². The number of rotatable bonds is 4. The Morgan fingerprint density at radius 2 is 1.71 bits per heavy atom. The van der Waals surface area contributed by atoms with Crippen LogP contribution in [0, 0.1) is 0 Å². The maximum Gasteiger partial charge on any atom is 0.237 e. The second-order valence-corrected chi connectivity index (χ2v) is 5.92. The van der Waals surface area contributed by atoms with E-state index in [4.69, 9.17) is 10.6 Å². The Morgan fingerprint density at radius 3 is 2.24 bits per heavy atom. The molecule has 0 aliphatic heterocycles. The van der Waals surface area contributed by atoms with Gasteiger partial charge in [0.15, 0.2) is 0 Å². The van der Waals surface area contributed by atoms with E-state index >= 15 is 0 Å². The summed E-state index contributed by atoms with van der Waals surface area (Å²) < 4.78 is 5.26. The van der Waals surface area contributed by atoms with Gasteiger partial charge in [-0.1, -0.05) is 45.0 Å². The van der Waals surface area contributed by atoms with E-state index in [0.29, 0.717) is 11.6 Å². The molecule has 0 aliphatic rings. The summed E-state index contributed by atoms with van der Waals surface area (Å²) in [5.74, 6) is 6.18. The zero-order chi connectivity index (χ0) is 15.5. The number of hydrogen-bond acceptors (Lipinski definition) is 5. The lowest BCUT2D eigenvalue weighted by Gasteiger charge is -2.21. The number of hydrazine groups is 1. The van der Waals surface area contributed by atoms with E-state index in [2.05, 4.69) is 60.4 Å². The van der Waals surface area contributed by atoms with Crippen LogP contribution in [0.15, 0.2) is 36.7 Å². The minimum atomic E-state index is -0.261. The molecule has 0 saturated heterocycles. The van der Waals surface area contributed by atoms with Crippen LogP contribution in [-0.2, 0) is 5.41 Å². The number of nitrogens with one attached hydrogen (secondary N) is 1. The predicted octanol–water partition coefficient (Wildman–Crippen LogP) is 2.34. The van der Waals surface area contributed by atoms with Crippen LogP contribution in [0.1, 0.15) is 43.6 Å². The maximum atomic E-state index is 5.71. The van der Waals surface area contributed by atoms with Crippen LogP contribution in [0.25, 0.3) is 0 Å². The van der Waals surface area contributed by atoms with Gasteiger partial charge in [0, 0.05) is 12.4 Å². The fourth-order valence-corrected chi connectivity index (χ4v) is 2.20. The van der Waals surface area contributed by atoms with Crippen molar-refractivity contribution in [1.29, 1.82) is 0 Å². The van der Waals surface area contributed by atoms with Crippen molar-refractivity contribution in [2.75, 3.05) is 7.11 Å². The van der Waals surface area contributed by atoms with Gasteiger partial charge in [0.2, 0.25) is 5.88 Å². The molecule has 5 heteroatoms. The summed E-state index contributed by atoms with van der Waals surface area (Å²) in [5, 5.41) is 0. The molecule has 0 aliphatic carbocycles. The maximum absolute atomic E-state index is 5.71. The van der Waals surface area contributed by atoms with Crippen LogP contribution < -0.4 is 16.0 Å². The van der Waals surface area contributed by atoms with Crippen molar-refractivity contribution in [2.45, 2.75) is 32.2 Å². The molecule has 1 heterocycles. The smallest absolute Gasteiger partial charge is 0.237 e. The zero-order valence-electron chi connectivity index (χ0n) is 12.9. The largest absolute Gasteiger partial charge is 0.480 e. The molecule has 21 heavy (non-hydrogen) atoms. The summed E-state index contributed by atoms with van der Waals surface area (Å²) in [7, 11) is 1.57. The Morgan fingerprint density at radius 1 is 1.10 bits per heavy atom. The van der Waals surface area contributed by atoms with Crippen molar-refractivity contribution in [3.05, 3.63) is 53.5 Å². The van der Waals surface area contributed by atoms with E-state index in [1.54, 1.807) is 19.5 Å². The third kappa shape index (κ3) is 3.37. The second-order valence-electron chi connectivity index (χ2n) is 5.92. The average Bonchev–Trinajstić information content (AvgIpc) is 2.48. The van der Waals surface area contributed by atoms with E-state index in [9.17, 15) is 0 Å². The highest BCUT2D eigenvalue weighted by Crippen LogP contribution is 2.28. The van der Waals surface area contributed by atoms with Gasteiger partial charge in [0.05, 0.1) is 13.2 Å². The number of nitrogens with zero attached hydrogens (tertiary/aromatic N) is 2. The van der Waals surface area contributed by atoms with Gasteiger partial charge < -0.3 is 4.74 Å². The van der Waals surface area contributed by atoms with Crippen LogP contribution in [0.3, 0.4) is 0 Å². The van der Waals surface area contributed by atoms with Crippen LogP contribution in [0.4, 0.5) is 0 Å². The lowest BCUT2D eigenvalue weighted by atomic mass is 9.86. The van der Waals surface area contributed by atoms with E-state index in [1.165, 1.54) is 5.56 Å². The molecule has 2 rings (SSSR count). The molecule has 0 amide bonds. The number of nitrogens with two attached hydrogens (primary N) is 1. The molecule has 0 saturated carbocycles.